The first-order chi connectivity index (χ1) is 11.1. The van der Waals surface area contributed by atoms with Gasteiger partial charge in [-0.1, -0.05) is 31.2 Å². The molecule has 2 aromatic carbocycles. The van der Waals surface area contributed by atoms with E-state index in [4.69, 9.17) is 9.47 Å². The smallest absolute Gasteiger partial charge is 0.231 e. The van der Waals surface area contributed by atoms with Crippen molar-refractivity contribution in [1.82, 2.24) is 4.90 Å². The third-order valence-electron chi connectivity index (χ3n) is 3.91. The molecule has 0 radical (unpaired) electrons. The zero-order chi connectivity index (χ0) is 16.2. The summed E-state index contributed by atoms with van der Waals surface area (Å²) in [5.74, 6) is 2.23. The maximum atomic E-state index is 5.80. The molecule has 1 aliphatic rings. The number of nitrogens with zero attached hydrogens (tertiary/aromatic N) is 2. The van der Waals surface area contributed by atoms with E-state index in [2.05, 4.69) is 55.1 Å². The van der Waals surface area contributed by atoms with Crippen molar-refractivity contribution >= 4 is 11.4 Å². The lowest BCUT2D eigenvalue weighted by atomic mass is 10.1. The van der Waals surface area contributed by atoms with Crippen LogP contribution in [-0.4, -0.2) is 38.9 Å². The normalized spacial score (nSPS) is 14.9. The van der Waals surface area contributed by atoms with Gasteiger partial charge in [-0.25, -0.2) is 0 Å². The van der Waals surface area contributed by atoms with Gasteiger partial charge in [-0.2, -0.15) is 0 Å². The number of para-hydroxylation sites is 4. The molecule has 1 aliphatic heterocycles. The van der Waals surface area contributed by atoms with Crippen molar-refractivity contribution in [3.63, 3.8) is 0 Å². The van der Waals surface area contributed by atoms with Crippen molar-refractivity contribution in [1.29, 1.82) is 0 Å². The van der Waals surface area contributed by atoms with Crippen LogP contribution < -0.4 is 14.4 Å². The predicted molar refractivity (Wildman–Crippen MR) is 93.7 cm³/mol. The molecule has 0 saturated heterocycles. The molecule has 23 heavy (non-hydrogen) atoms. The van der Waals surface area contributed by atoms with Crippen LogP contribution in [0.3, 0.4) is 0 Å². The molecule has 122 valence electrons. The third kappa shape index (κ3) is 3.59. The Kier molecular flexibility index (Phi) is 4.72. The minimum Gasteiger partial charge on any atom is -0.455 e. The summed E-state index contributed by atoms with van der Waals surface area (Å²) in [6.45, 7) is 4.43. The van der Waals surface area contributed by atoms with E-state index in [1.807, 2.05) is 24.3 Å². The van der Waals surface area contributed by atoms with Crippen molar-refractivity contribution in [2.75, 3.05) is 38.9 Å². The molecule has 0 aromatic heterocycles. The summed E-state index contributed by atoms with van der Waals surface area (Å²) in [6, 6.07) is 16.3. The van der Waals surface area contributed by atoms with Gasteiger partial charge in [-0.3, -0.25) is 0 Å². The second-order valence-corrected chi connectivity index (χ2v) is 6.32. The van der Waals surface area contributed by atoms with E-state index in [1.54, 1.807) is 0 Å². The van der Waals surface area contributed by atoms with Crippen LogP contribution in [0.4, 0.5) is 11.4 Å². The van der Waals surface area contributed by atoms with E-state index in [0.29, 0.717) is 5.92 Å². The van der Waals surface area contributed by atoms with Crippen molar-refractivity contribution in [2.45, 2.75) is 6.92 Å². The highest BCUT2D eigenvalue weighted by atomic mass is 16.7. The molecular formula is C19H24N2O2. The quantitative estimate of drug-likeness (QED) is 0.858. The Morgan fingerprint density at radius 2 is 1.48 bits per heavy atom. The number of anilines is 2. The Morgan fingerprint density at radius 1 is 0.957 bits per heavy atom. The van der Waals surface area contributed by atoms with Crippen LogP contribution in [0.5, 0.6) is 11.5 Å². The summed E-state index contributed by atoms with van der Waals surface area (Å²) in [7, 11) is 4.22. The highest BCUT2D eigenvalue weighted by molar-refractivity contribution is 5.73. The van der Waals surface area contributed by atoms with Crippen molar-refractivity contribution in [2.24, 2.45) is 5.92 Å². The number of hydrogen-bond acceptors (Lipinski definition) is 4. The predicted octanol–water partition coefficient (Wildman–Crippen LogP) is 3.75. The number of hydrogen-bond donors (Lipinski definition) is 0. The van der Waals surface area contributed by atoms with E-state index in [0.717, 1.165) is 36.0 Å². The van der Waals surface area contributed by atoms with Gasteiger partial charge in [-0.05, 0) is 44.3 Å². The lowest BCUT2D eigenvalue weighted by molar-refractivity contribution is 0.119. The highest BCUT2D eigenvalue weighted by Crippen LogP contribution is 2.40. The summed E-state index contributed by atoms with van der Waals surface area (Å²) in [6.07, 6.45) is 0. The molecule has 1 atom stereocenters. The summed E-state index contributed by atoms with van der Waals surface area (Å²) in [4.78, 5) is 4.53. The van der Waals surface area contributed by atoms with Gasteiger partial charge in [0.25, 0.3) is 0 Å². The van der Waals surface area contributed by atoms with Gasteiger partial charge in [0.1, 0.15) is 11.5 Å². The van der Waals surface area contributed by atoms with Gasteiger partial charge in [0.05, 0.1) is 11.4 Å². The molecular weight excluding hydrogens is 288 g/mol. The Morgan fingerprint density at radius 3 is 2.00 bits per heavy atom. The van der Waals surface area contributed by atoms with Crippen LogP contribution in [0.2, 0.25) is 0 Å². The summed E-state index contributed by atoms with van der Waals surface area (Å²) in [5, 5.41) is 0. The van der Waals surface area contributed by atoms with Gasteiger partial charge in [0.15, 0.2) is 0 Å². The van der Waals surface area contributed by atoms with E-state index in [9.17, 15) is 0 Å². The molecule has 4 nitrogen and oxygen atoms in total. The van der Waals surface area contributed by atoms with E-state index in [-0.39, 0.29) is 6.79 Å². The molecule has 0 bridgehead atoms. The lowest BCUT2D eigenvalue weighted by Crippen LogP contribution is -2.31. The molecule has 3 rings (SSSR count). The first kappa shape index (κ1) is 15.7. The lowest BCUT2D eigenvalue weighted by Gasteiger charge is -2.33. The second kappa shape index (κ2) is 6.92. The van der Waals surface area contributed by atoms with Crippen LogP contribution in [0.1, 0.15) is 6.92 Å². The summed E-state index contributed by atoms with van der Waals surface area (Å²) >= 11 is 0. The van der Waals surface area contributed by atoms with E-state index >= 15 is 0 Å². The molecule has 1 heterocycles. The van der Waals surface area contributed by atoms with Gasteiger partial charge in [0.2, 0.25) is 6.79 Å². The summed E-state index contributed by atoms with van der Waals surface area (Å²) in [5.41, 5.74) is 2.18. The standard InChI is InChI=1S/C19H24N2O2/c1-15(12-20(2)3)13-21-16-8-4-6-10-18(16)22-14-23-19-11-7-5-9-17(19)21/h4-11,15H,12-14H2,1-3H3. The van der Waals surface area contributed by atoms with Crippen LogP contribution in [0.15, 0.2) is 48.5 Å². The van der Waals surface area contributed by atoms with Crippen molar-refractivity contribution in [3.05, 3.63) is 48.5 Å². The number of ether oxygens (including phenoxy) is 2. The van der Waals surface area contributed by atoms with Crippen LogP contribution in [-0.2, 0) is 0 Å². The topological polar surface area (TPSA) is 24.9 Å². The van der Waals surface area contributed by atoms with Crippen LogP contribution in [0, 0.1) is 5.92 Å². The minimum atomic E-state index is 0.231. The first-order valence-corrected chi connectivity index (χ1v) is 8.01. The van der Waals surface area contributed by atoms with Gasteiger partial charge in [0, 0.05) is 13.1 Å². The first-order valence-electron chi connectivity index (χ1n) is 8.01. The molecule has 0 N–H and O–H groups in total. The van der Waals surface area contributed by atoms with Crippen LogP contribution >= 0.6 is 0 Å². The monoisotopic (exact) mass is 312 g/mol. The number of benzene rings is 2. The molecule has 0 spiro atoms. The zero-order valence-electron chi connectivity index (χ0n) is 14.0. The fourth-order valence-corrected chi connectivity index (χ4v) is 3.08. The second-order valence-electron chi connectivity index (χ2n) is 6.32. The maximum Gasteiger partial charge on any atom is 0.231 e. The number of rotatable bonds is 4. The Labute approximate surface area is 138 Å². The molecule has 0 saturated carbocycles. The minimum absolute atomic E-state index is 0.231. The van der Waals surface area contributed by atoms with E-state index in [1.165, 1.54) is 0 Å². The highest BCUT2D eigenvalue weighted by Gasteiger charge is 2.22. The van der Waals surface area contributed by atoms with Crippen LogP contribution in [0.25, 0.3) is 0 Å². The molecule has 2 aromatic rings. The molecule has 1 unspecified atom stereocenters. The average Bonchev–Trinajstić information content (AvgIpc) is 2.51. The van der Waals surface area contributed by atoms with E-state index < -0.39 is 0 Å². The molecule has 0 amide bonds. The van der Waals surface area contributed by atoms with Gasteiger partial charge >= 0.3 is 0 Å². The zero-order valence-corrected chi connectivity index (χ0v) is 14.0. The molecule has 0 aliphatic carbocycles. The number of fused-ring (bicyclic) bond motifs is 2. The Bertz CT molecular complexity index is 610. The maximum absolute atomic E-state index is 5.80. The Hall–Kier alpha value is -2.20. The third-order valence-corrected chi connectivity index (χ3v) is 3.91. The van der Waals surface area contributed by atoms with Crippen molar-refractivity contribution < 1.29 is 9.47 Å². The fourth-order valence-electron chi connectivity index (χ4n) is 3.08. The fraction of sp³-hybridized carbons (Fsp3) is 0.368. The van der Waals surface area contributed by atoms with Crippen molar-refractivity contribution in [3.8, 4) is 11.5 Å². The van der Waals surface area contributed by atoms with Gasteiger partial charge < -0.3 is 19.3 Å². The SMILES string of the molecule is CC(CN(C)C)CN1c2ccccc2OCOc2ccccc21. The molecule has 0 fully saturated rings. The average molecular weight is 312 g/mol. The summed E-state index contributed by atoms with van der Waals surface area (Å²) < 4.78 is 11.6. The Balaban J connectivity index is 2.00. The largest absolute Gasteiger partial charge is 0.455 e. The molecule has 4 heteroatoms. The van der Waals surface area contributed by atoms with Gasteiger partial charge in [-0.15, -0.1) is 0 Å².